The zero-order valence-corrected chi connectivity index (χ0v) is 15.0. The molecule has 1 aromatic rings. The molecule has 0 amide bonds. The first-order valence-corrected chi connectivity index (χ1v) is 9.96. The van der Waals surface area contributed by atoms with Crippen LogP contribution >= 0.6 is 0 Å². The fraction of sp³-hybridized carbons (Fsp3) is 0.588. The van der Waals surface area contributed by atoms with Crippen LogP contribution in [0.3, 0.4) is 0 Å². The maximum absolute atomic E-state index is 11.8. The van der Waals surface area contributed by atoms with Crippen molar-refractivity contribution in [1.82, 2.24) is 0 Å². The van der Waals surface area contributed by atoms with Gasteiger partial charge in [-0.1, -0.05) is 0 Å². The number of hydrogen-bond acceptors (Lipinski definition) is 6. The van der Waals surface area contributed by atoms with Gasteiger partial charge in [0.15, 0.2) is 5.78 Å². The van der Waals surface area contributed by atoms with Gasteiger partial charge in [-0.2, -0.15) is 8.42 Å². The molecular weight excluding hydrogens is 332 g/mol. The number of rotatable bonds is 9. The second kappa shape index (κ2) is 8.48. The Balaban J connectivity index is 1.84. The maximum Gasteiger partial charge on any atom is 0.264 e. The highest BCUT2D eigenvalue weighted by Gasteiger charge is 2.17. The average Bonchev–Trinajstić information content (AvgIpc) is 2.52. The van der Waals surface area contributed by atoms with E-state index >= 15 is 0 Å². The van der Waals surface area contributed by atoms with E-state index in [1.807, 2.05) is 6.07 Å². The Labute approximate surface area is 143 Å². The van der Waals surface area contributed by atoms with Crippen LogP contribution in [-0.4, -0.2) is 40.3 Å². The van der Waals surface area contributed by atoms with Crippen molar-refractivity contribution in [3.05, 3.63) is 23.3 Å². The highest BCUT2D eigenvalue weighted by molar-refractivity contribution is 7.85. The van der Waals surface area contributed by atoms with E-state index in [1.165, 1.54) is 6.92 Å². The molecule has 1 aliphatic heterocycles. The first kappa shape index (κ1) is 18.7. The molecule has 0 radical (unpaired) electrons. The van der Waals surface area contributed by atoms with Crippen LogP contribution in [0.2, 0.25) is 0 Å². The zero-order chi connectivity index (χ0) is 17.6. The molecule has 6 nitrogen and oxygen atoms in total. The predicted molar refractivity (Wildman–Crippen MR) is 90.4 cm³/mol. The van der Waals surface area contributed by atoms with Crippen LogP contribution in [-0.2, 0) is 20.7 Å². The molecule has 0 spiro atoms. The van der Waals surface area contributed by atoms with Crippen LogP contribution in [0.4, 0.5) is 0 Å². The van der Waals surface area contributed by atoms with E-state index in [0.29, 0.717) is 30.9 Å². The van der Waals surface area contributed by atoms with Gasteiger partial charge in [-0.3, -0.25) is 8.98 Å². The van der Waals surface area contributed by atoms with Gasteiger partial charge in [0.05, 0.1) is 31.6 Å². The Morgan fingerprint density at radius 1 is 1.21 bits per heavy atom. The lowest BCUT2D eigenvalue weighted by molar-refractivity contribution is 0.101. The molecule has 0 N–H and O–H groups in total. The highest BCUT2D eigenvalue weighted by Crippen LogP contribution is 2.33. The summed E-state index contributed by atoms with van der Waals surface area (Å²) in [6.07, 6.45) is 5.09. The Kier molecular flexibility index (Phi) is 6.62. The van der Waals surface area contributed by atoms with Crippen LogP contribution in [0.5, 0.6) is 11.5 Å². The monoisotopic (exact) mass is 356 g/mol. The van der Waals surface area contributed by atoms with Crippen molar-refractivity contribution in [2.75, 3.05) is 26.1 Å². The number of Topliss-reactive ketones (excluding diaryl/α,β-unsaturated/α-hetero) is 1. The molecule has 1 aliphatic rings. The largest absolute Gasteiger partial charge is 0.493 e. The van der Waals surface area contributed by atoms with Crippen molar-refractivity contribution in [2.45, 2.75) is 39.0 Å². The second-order valence-electron chi connectivity index (χ2n) is 5.90. The first-order valence-electron chi connectivity index (χ1n) is 8.14. The van der Waals surface area contributed by atoms with Crippen molar-refractivity contribution in [1.29, 1.82) is 0 Å². The van der Waals surface area contributed by atoms with Gasteiger partial charge in [-0.15, -0.1) is 0 Å². The van der Waals surface area contributed by atoms with E-state index < -0.39 is 10.1 Å². The van der Waals surface area contributed by atoms with E-state index in [1.54, 1.807) is 6.07 Å². The Hall–Kier alpha value is -1.60. The Bertz CT molecular complexity index is 681. The lowest BCUT2D eigenvalue weighted by Gasteiger charge is -2.20. The van der Waals surface area contributed by atoms with Crippen molar-refractivity contribution < 1.29 is 26.9 Å². The quantitative estimate of drug-likeness (QED) is 0.385. The average molecular weight is 356 g/mol. The summed E-state index contributed by atoms with van der Waals surface area (Å²) in [4.78, 5) is 11.8. The SMILES string of the molecule is CC(=O)c1cc2c(cc1OCCCCCOS(C)(=O)=O)OCCC2. The molecule has 0 unspecified atom stereocenters. The molecule has 0 aliphatic carbocycles. The van der Waals surface area contributed by atoms with Crippen molar-refractivity contribution in [3.8, 4) is 11.5 Å². The molecule has 0 bridgehead atoms. The van der Waals surface area contributed by atoms with E-state index in [-0.39, 0.29) is 12.4 Å². The maximum atomic E-state index is 11.8. The number of ether oxygens (including phenoxy) is 2. The molecule has 0 saturated heterocycles. The number of benzene rings is 1. The van der Waals surface area contributed by atoms with Crippen LogP contribution in [0.15, 0.2) is 12.1 Å². The van der Waals surface area contributed by atoms with Gasteiger partial charge in [0.25, 0.3) is 10.1 Å². The summed E-state index contributed by atoms with van der Waals surface area (Å²) in [6, 6.07) is 3.67. The molecule has 0 aromatic heterocycles. The topological polar surface area (TPSA) is 78.9 Å². The van der Waals surface area contributed by atoms with Gasteiger partial charge in [0.1, 0.15) is 11.5 Å². The normalized spacial score (nSPS) is 13.9. The number of fused-ring (bicyclic) bond motifs is 1. The number of carbonyl (C=O) groups is 1. The van der Waals surface area contributed by atoms with E-state index in [9.17, 15) is 13.2 Å². The fourth-order valence-electron chi connectivity index (χ4n) is 2.55. The van der Waals surface area contributed by atoms with Crippen LogP contribution in [0, 0.1) is 0 Å². The molecule has 7 heteroatoms. The number of ketones is 1. The van der Waals surface area contributed by atoms with Crippen molar-refractivity contribution in [3.63, 3.8) is 0 Å². The van der Waals surface area contributed by atoms with Crippen LogP contribution < -0.4 is 9.47 Å². The predicted octanol–water partition coefficient (Wildman–Crippen LogP) is 2.74. The highest BCUT2D eigenvalue weighted by atomic mass is 32.2. The lowest BCUT2D eigenvalue weighted by atomic mass is 10.0. The fourth-order valence-corrected chi connectivity index (χ4v) is 2.97. The summed E-state index contributed by atoms with van der Waals surface area (Å²) in [5, 5.41) is 0. The van der Waals surface area contributed by atoms with E-state index in [0.717, 1.165) is 43.3 Å². The minimum atomic E-state index is -3.37. The molecule has 0 fully saturated rings. The van der Waals surface area contributed by atoms with Gasteiger partial charge in [-0.05, 0) is 50.7 Å². The minimum Gasteiger partial charge on any atom is -0.493 e. The third-order valence-corrected chi connectivity index (χ3v) is 4.33. The molecule has 2 rings (SSSR count). The summed E-state index contributed by atoms with van der Waals surface area (Å²) in [5.41, 5.74) is 1.64. The van der Waals surface area contributed by atoms with Crippen LogP contribution in [0.25, 0.3) is 0 Å². The summed E-state index contributed by atoms with van der Waals surface area (Å²) >= 11 is 0. The Morgan fingerprint density at radius 2 is 1.96 bits per heavy atom. The molecule has 134 valence electrons. The molecule has 0 atom stereocenters. The summed E-state index contributed by atoms with van der Waals surface area (Å²) in [5.74, 6) is 1.32. The van der Waals surface area contributed by atoms with Crippen LogP contribution in [0.1, 0.15) is 48.5 Å². The van der Waals surface area contributed by atoms with Gasteiger partial charge in [-0.25, -0.2) is 0 Å². The number of aryl methyl sites for hydroxylation is 1. The number of carbonyl (C=O) groups excluding carboxylic acids is 1. The van der Waals surface area contributed by atoms with Crippen molar-refractivity contribution >= 4 is 15.9 Å². The summed E-state index contributed by atoms with van der Waals surface area (Å²) in [6.45, 7) is 2.86. The van der Waals surface area contributed by atoms with E-state index in [2.05, 4.69) is 4.18 Å². The Morgan fingerprint density at radius 3 is 2.67 bits per heavy atom. The third-order valence-electron chi connectivity index (χ3n) is 3.73. The molecule has 1 aromatic carbocycles. The first-order chi connectivity index (χ1) is 11.4. The lowest BCUT2D eigenvalue weighted by Crippen LogP contribution is -2.11. The molecule has 0 saturated carbocycles. The second-order valence-corrected chi connectivity index (χ2v) is 7.54. The number of hydrogen-bond donors (Lipinski definition) is 0. The van der Waals surface area contributed by atoms with Gasteiger partial charge in [0, 0.05) is 6.07 Å². The van der Waals surface area contributed by atoms with E-state index in [4.69, 9.17) is 9.47 Å². The van der Waals surface area contributed by atoms with Gasteiger partial charge >= 0.3 is 0 Å². The van der Waals surface area contributed by atoms with Gasteiger partial charge < -0.3 is 9.47 Å². The third kappa shape index (κ3) is 5.79. The summed E-state index contributed by atoms with van der Waals surface area (Å²) < 4.78 is 37.7. The molecule has 1 heterocycles. The molecule has 24 heavy (non-hydrogen) atoms. The van der Waals surface area contributed by atoms with Crippen molar-refractivity contribution in [2.24, 2.45) is 0 Å². The smallest absolute Gasteiger partial charge is 0.264 e. The molecular formula is C17H24O6S. The summed E-state index contributed by atoms with van der Waals surface area (Å²) in [7, 11) is -3.37. The number of unbranched alkanes of at least 4 members (excludes halogenated alkanes) is 2. The minimum absolute atomic E-state index is 0.0278. The van der Waals surface area contributed by atoms with Gasteiger partial charge in [0.2, 0.25) is 0 Å². The zero-order valence-electron chi connectivity index (χ0n) is 14.2. The standard InChI is InChI=1S/C17H24O6S/c1-13(18)15-11-14-7-6-9-21-16(14)12-17(15)22-8-4-3-5-10-23-24(2,19)20/h11-12H,3-10H2,1-2H3.